The molecule has 1 amide bonds. The van der Waals surface area contributed by atoms with Gasteiger partial charge in [0.25, 0.3) is 5.91 Å². The van der Waals surface area contributed by atoms with Crippen LogP contribution in [0.3, 0.4) is 0 Å². The van der Waals surface area contributed by atoms with Gasteiger partial charge in [-0.15, -0.1) is 0 Å². The van der Waals surface area contributed by atoms with Crippen LogP contribution in [0.25, 0.3) is 0 Å². The van der Waals surface area contributed by atoms with Gasteiger partial charge in [0.1, 0.15) is 5.82 Å². The van der Waals surface area contributed by atoms with Gasteiger partial charge in [0.05, 0.1) is 5.69 Å². The third kappa shape index (κ3) is 4.17. The predicted octanol–water partition coefficient (Wildman–Crippen LogP) is 4.10. The standard InChI is InChI=1S/C18H15BrN4O/c19-15-5-1-2-6-16(15)23-18(24)14-7-9-21-17(10-14)22-12-13-4-3-8-20-11-13/h1-11H,12H2,(H,21,22)(H,23,24). The van der Waals surface area contributed by atoms with E-state index in [-0.39, 0.29) is 5.91 Å². The highest BCUT2D eigenvalue weighted by molar-refractivity contribution is 9.10. The van der Waals surface area contributed by atoms with Gasteiger partial charge >= 0.3 is 0 Å². The van der Waals surface area contributed by atoms with E-state index in [1.54, 1.807) is 30.7 Å². The Kier molecular flexibility index (Phi) is 5.18. The number of halogens is 1. The van der Waals surface area contributed by atoms with Crippen LogP contribution in [-0.4, -0.2) is 15.9 Å². The first-order valence-corrected chi connectivity index (χ1v) is 8.16. The number of para-hydroxylation sites is 1. The molecule has 0 fully saturated rings. The van der Waals surface area contributed by atoms with Gasteiger partial charge in [-0.2, -0.15) is 0 Å². The monoisotopic (exact) mass is 382 g/mol. The summed E-state index contributed by atoms with van der Waals surface area (Å²) in [4.78, 5) is 20.7. The maximum atomic E-state index is 12.4. The molecule has 2 heterocycles. The van der Waals surface area contributed by atoms with Gasteiger partial charge in [-0.25, -0.2) is 4.98 Å². The van der Waals surface area contributed by atoms with Crippen LogP contribution in [0.5, 0.6) is 0 Å². The van der Waals surface area contributed by atoms with Crippen LogP contribution >= 0.6 is 15.9 Å². The maximum Gasteiger partial charge on any atom is 0.255 e. The molecule has 0 aliphatic heterocycles. The number of anilines is 2. The highest BCUT2D eigenvalue weighted by Crippen LogP contribution is 2.22. The summed E-state index contributed by atoms with van der Waals surface area (Å²) in [5, 5.41) is 6.07. The molecule has 0 radical (unpaired) electrons. The van der Waals surface area contributed by atoms with Crippen molar-refractivity contribution in [2.75, 3.05) is 10.6 Å². The Morgan fingerprint density at radius 2 is 1.96 bits per heavy atom. The Morgan fingerprint density at radius 1 is 1.08 bits per heavy atom. The lowest BCUT2D eigenvalue weighted by molar-refractivity contribution is 0.102. The molecule has 0 saturated heterocycles. The molecule has 3 rings (SSSR count). The minimum Gasteiger partial charge on any atom is -0.366 e. The highest BCUT2D eigenvalue weighted by atomic mass is 79.9. The second-order valence-corrected chi connectivity index (χ2v) is 5.93. The van der Waals surface area contributed by atoms with Crippen molar-refractivity contribution in [1.82, 2.24) is 9.97 Å². The molecule has 0 bridgehead atoms. The molecular formula is C18H15BrN4O. The molecule has 0 saturated carbocycles. The molecule has 3 aromatic rings. The maximum absolute atomic E-state index is 12.4. The van der Waals surface area contributed by atoms with Crippen molar-refractivity contribution < 1.29 is 4.79 Å². The van der Waals surface area contributed by atoms with E-state index in [2.05, 4.69) is 36.5 Å². The molecule has 0 spiro atoms. The van der Waals surface area contributed by atoms with Crippen LogP contribution in [0.4, 0.5) is 11.5 Å². The molecule has 1 aromatic carbocycles. The summed E-state index contributed by atoms with van der Waals surface area (Å²) in [5.74, 6) is 0.451. The molecule has 5 nitrogen and oxygen atoms in total. The minimum absolute atomic E-state index is 0.186. The van der Waals surface area contributed by atoms with E-state index < -0.39 is 0 Å². The highest BCUT2D eigenvalue weighted by Gasteiger charge is 2.09. The van der Waals surface area contributed by atoms with Gasteiger partial charge in [0, 0.05) is 35.2 Å². The van der Waals surface area contributed by atoms with Gasteiger partial charge < -0.3 is 10.6 Å². The molecule has 2 aromatic heterocycles. The summed E-state index contributed by atoms with van der Waals surface area (Å²) < 4.78 is 0.835. The molecule has 0 aliphatic rings. The second kappa shape index (κ2) is 7.70. The Hall–Kier alpha value is -2.73. The van der Waals surface area contributed by atoms with E-state index in [1.807, 2.05) is 36.4 Å². The molecular weight excluding hydrogens is 368 g/mol. The Morgan fingerprint density at radius 3 is 2.75 bits per heavy atom. The van der Waals surface area contributed by atoms with E-state index in [4.69, 9.17) is 0 Å². The fourth-order valence-corrected chi connectivity index (χ4v) is 2.50. The summed E-state index contributed by atoms with van der Waals surface area (Å²) in [7, 11) is 0. The van der Waals surface area contributed by atoms with Crippen molar-refractivity contribution >= 4 is 33.3 Å². The zero-order valence-electron chi connectivity index (χ0n) is 12.7. The van der Waals surface area contributed by atoms with Crippen molar-refractivity contribution in [3.63, 3.8) is 0 Å². The fourth-order valence-electron chi connectivity index (χ4n) is 2.12. The normalized spacial score (nSPS) is 10.2. The van der Waals surface area contributed by atoms with Crippen molar-refractivity contribution in [3.8, 4) is 0 Å². The molecule has 6 heteroatoms. The lowest BCUT2D eigenvalue weighted by atomic mass is 10.2. The Bertz CT molecular complexity index is 839. The minimum atomic E-state index is -0.186. The smallest absolute Gasteiger partial charge is 0.255 e. The molecule has 120 valence electrons. The number of rotatable bonds is 5. The number of carbonyl (C=O) groups excluding carboxylic acids is 1. The van der Waals surface area contributed by atoms with Gasteiger partial charge in [0.15, 0.2) is 0 Å². The quantitative estimate of drug-likeness (QED) is 0.696. The van der Waals surface area contributed by atoms with Crippen molar-refractivity contribution in [2.45, 2.75) is 6.54 Å². The molecule has 0 aliphatic carbocycles. The SMILES string of the molecule is O=C(Nc1ccccc1Br)c1ccnc(NCc2cccnc2)c1. The van der Waals surface area contributed by atoms with Gasteiger partial charge in [-0.3, -0.25) is 9.78 Å². The predicted molar refractivity (Wildman–Crippen MR) is 97.9 cm³/mol. The summed E-state index contributed by atoms with van der Waals surface area (Å²) in [6, 6.07) is 14.7. The Labute approximate surface area is 148 Å². The number of hydrogen-bond donors (Lipinski definition) is 2. The van der Waals surface area contributed by atoms with Gasteiger partial charge in [-0.1, -0.05) is 18.2 Å². The average molecular weight is 383 g/mol. The topological polar surface area (TPSA) is 66.9 Å². The summed E-state index contributed by atoms with van der Waals surface area (Å²) in [6.07, 6.45) is 5.13. The summed E-state index contributed by atoms with van der Waals surface area (Å²) >= 11 is 3.42. The average Bonchev–Trinajstić information content (AvgIpc) is 2.63. The first-order valence-electron chi connectivity index (χ1n) is 7.37. The second-order valence-electron chi connectivity index (χ2n) is 5.08. The van der Waals surface area contributed by atoms with Crippen LogP contribution in [0.2, 0.25) is 0 Å². The fraction of sp³-hybridized carbons (Fsp3) is 0.0556. The number of benzene rings is 1. The lowest BCUT2D eigenvalue weighted by Gasteiger charge is -2.09. The third-order valence-electron chi connectivity index (χ3n) is 3.34. The van der Waals surface area contributed by atoms with Gasteiger partial charge in [-0.05, 0) is 51.8 Å². The molecule has 2 N–H and O–H groups in total. The van der Waals surface area contributed by atoms with E-state index in [0.717, 1.165) is 15.7 Å². The van der Waals surface area contributed by atoms with Crippen LogP contribution in [-0.2, 0) is 6.54 Å². The van der Waals surface area contributed by atoms with Crippen LogP contribution in [0.1, 0.15) is 15.9 Å². The zero-order valence-corrected chi connectivity index (χ0v) is 14.3. The van der Waals surface area contributed by atoms with Gasteiger partial charge in [0.2, 0.25) is 0 Å². The molecule has 24 heavy (non-hydrogen) atoms. The number of pyridine rings is 2. The Balaban J connectivity index is 1.68. The third-order valence-corrected chi connectivity index (χ3v) is 4.03. The number of carbonyl (C=O) groups is 1. The van der Waals surface area contributed by atoms with Crippen LogP contribution in [0, 0.1) is 0 Å². The number of aromatic nitrogens is 2. The zero-order chi connectivity index (χ0) is 16.8. The first-order chi connectivity index (χ1) is 11.7. The summed E-state index contributed by atoms with van der Waals surface area (Å²) in [5.41, 5.74) is 2.31. The van der Waals surface area contributed by atoms with E-state index >= 15 is 0 Å². The largest absolute Gasteiger partial charge is 0.366 e. The van der Waals surface area contributed by atoms with E-state index in [9.17, 15) is 4.79 Å². The van der Waals surface area contributed by atoms with Crippen molar-refractivity contribution in [3.05, 3.63) is 82.7 Å². The lowest BCUT2D eigenvalue weighted by Crippen LogP contribution is -2.13. The number of nitrogens with one attached hydrogen (secondary N) is 2. The van der Waals surface area contributed by atoms with E-state index in [0.29, 0.717) is 17.9 Å². The van der Waals surface area contributed by atoms with Crippen LogP contribution in [0.15, 0.2) is 71.6 Å². The number of nitrogens with zero attached hydrogens (tertiary/aromatic N) is 2. The number of amides is 1. The van der Waals surface area contributed by atoms with E-state index in [1.165, 1.54) is 0 Å². The molecule has 0 unspecified atom stereocenters. The number of hydrogen-bond acceptors (Lipinski definition) is 4. The van der Waals surface area contributed by atoms with Crippen molar-refractivity contribution in [1.29, 1.82) is 0 Å². The van der Waals surface area contributed by atoms with Crippen LogP contribution < -0.4 is 10.6 Å². The van der Waals surface area contributed by atoms with Crippen molar-refractivity contribution in [2.24, 2.45) is 0 Å². The summed E-state index contributed by atoms with van der Waals surface area (Å²) in [6.45, 7) is 0.593. The molecule has 0 atom stereocenters. The first kappa shape index (κ1) is 16.1.